The van der Waals surface area contributed by atoms with Crippen LogP contribution in [-0.4, -0.2) is 11.5 Å². The molecule has 0 aliphatic heterocycles. The van der Waals surface area contributed by atoms with Crippen LogP contribution < -0.4 is 0 Å². The molecule has 0 saturated carbocycles. The molecule has 1 unspecified atom stereocenters. The molecule has 72 valence electrons. The van der Waals surface area contributed by atoms with E-state index in [0.717, 1.165) is 10.0 Å². The minimum atomic E-state index is -1.30. The smallest absolute Gasteiger partial charge is 0.172 e. The van der Waals surface area contributed by atoms with Gasteiger partial charge in [-0.05, 0) is 18.6 Å². The lowest BCUT2D eigenvalue weighted by atomic mass is 10.2. The molecular weight excluding hydrogens is 251 g/mol. The molecule has 2 nitrogen and oxygen atoms in total. The average molecular weight is 263 g/mol. The Morgan fingerprint density at radius 3 is 2.77 bits per heavy atom. The maximum atomic E-state index is 9.45. The van der Waals surface area contributed by atoms with E-state index in [1.165, 1.54) is 0 Å². The molecule has 4 heteroatoms. The van der Waals surface area contributed by atoms with Crippen LogP contribution in [0.15, 0.2) is 28.7 Å². The Balaban J connectivity index is 2.58. The second-order valence-electron chi connectivity index (χ2n) is 2.52. The van der Waals surface area contributed by atoms with Crippen LogP contribution in [-0.2, 0) is 10.7 Å². The van der Waals surface area contributed by atoms with Crippen LogP contribution in [0.5, 0.6) is 0 Å². The fourth-order valence-corrected chi connectivity index (χ4v) is 2.57. The molecule has 0 aliphatic rings. The van der Waals surface area contributed by atoms with E-state index in [-0.39, 0.29) is 0 Å². The number of benzene rings is 1. The molecule has 1 aromatic rings. The van der Waals surface area contributed by atoms with Crippen LogP contribution >= 0.6 is 24.3 Å². The third-order valence-electron chi connectivity index (χ3n) is 1.54. The molecule has 0 bridgehead atoms. The van der Waals surface area contributed by atoms with Crippen molar-refractivity contribution in [1.82, 2.24) is 0 Å². The van der Waals surface area contributed by atoms with Crippen molar-refractivity contribution in [2.24, 2.45) is 0 Å². The minimum absolute atomic E-state index is 0.562. The Morgan fingerprint density at radius 2 is 2.15 bits per heavy atom. The van der Waals surface area contributed by atoms with E-state index in [0.29, 0.717) is 12.8 Å². The van der Waals surface area contributed by atoms with Crippen molar-refractivity contribution < 1.29 is 9.42 Å². The quantitative estimate of drug-likeness (QED) is 0.844. The van der Waals surface area contributed by atoms with Gasteiger partial charge in [0.05, 0.1) is 6.61 Å². The van der Waals surface area contributed by atoms with Crippen molar-refractivity contribution in [1.29, 1.82) is 0 Å². The van der Waals surface area contributed by atoms with E-state index in [9.17, 15) is 4.89 Å². The first kappa shape index (κ1) is 11.1. The van der Waals surface area contributed by atoms with Crippen molar-refractivity contribution >= 4 is 24.3 Å². The van der Waals surface area contributed by atoms with Crippen molar-refractivity contribution in [3.05, 3.63) is 34.3 Å². The molecule has 0 fully saturated rings. The first-order valence-electron chi connectivity index (χ1n) is 4.06. The van der Waals surface area contributed by atoms with Gasteiger partial charge >= 0.3 is 0 Å². The van der Waals surface area contributed by atoms with Crippen LogP contribution in [0.1, 0.15) is 12.5 Å². The van der Waals surface area contributed by atoms with Crippen molar-refractivity contribution in [2.75, 3.05) is 6.61 Å². The Hall–Kier alpha value is 0.0500. The molecule has 0 aromatic heterocycles. The first-order valence-corrected chi connectivity index (χ1v) is 6.26. The lowest BCUT2D eigenvalue weighted by Crippen LogP contribution is -1.89. The van der Waals surface area contributed by atoms with Crippen LogP contribution in [0, 0.1) is 0 Å². The fraction of sp³-hybridized carbons (Fsp3) is 0.333. The predicted octanol–water partition coefficient (Wildman–Crippen LogP) is 3.29. The predicted molar refractivity (Wildman–Crippen MR) is 58.6 cm³/mol. The highest BCUT2D eigenvalue weighted by molar-refractivity contribution is 9.10. The van der Waals surface area contributed by atoms with Gasteiger partial charge in [-0.15, -0.1) is 0 Å². The van der Waals surface area contributed by atoms with E-state index in [1.54, 1.807) is 0 Å². The molecule has 0 radical (unpaired) electrons. The van der Waals surface area contributed by atoms with E-state index >= 15 is 0 Å². The Kier molecular flexibility index (Phi) is 4.89. The largest absolute Gasteiger partial charge is 0.350 e. The number of hydrogen-bond donors (Lipinski definition) is 1. The molecule has 1 N–H and O–H groups in total. The van der Waals surface area contributed by atoms with Crippen molar-refractivity contribution in [3.8, 4) is 0 Å². The molecule has 0 aliphatic carbocycles. The Bertz CT molecular complexity index is 268. The van der Waals surface area contributed by atoms with Gasteiger partial charge in [-0.3, -0.25) is 0 Å². The third kappa shape index (κ3) is 3.74. The number of rotatable bonds is 4. The second kappa shape index (κ2) is 5.71. The number of halogens is 1. The maximum absolute atomic E-state index is 9.45. The lowest BCUT2D eigenvalue weighted by molar-refractivity contribution is 0.328. The Labute approximate surface area is 88.0 Å². The highest BCUT2D eigenvalue weighted by atomic mass is 79.9. The van der Waals surface area contributed by atoms with E-state index in [4.69, 9.17) is 4.52 Å². The topological polar surface area (TPSA) is 29.5 Å². The van der Waals surface area contributed by atoms with Gasteiger partial charge in [-0.2, -0.15) is 0 Å². The Morgan fingerprint density at radius 1 is 1.46 bits per heavy atom. The molecule has 1 atom stereocenters. The summed E-state index contributed by atoms with van der Waals surface area (Å²) in [6.07, 6.45) is 0.588. The van der Waals surface area contributed by atoms with Crippen LogP contribution in [0.4, 0.5) is 0 Å². The van der Waals surface area contributed by atoms with Gasteiger partial charge in [0.2, 0.25) is 0 Å². The zero-order chi connectivity index (χ0) is 9.68. The zero-order valence-electron chi connectivity index (χ0n) is 7.40. The maximum Gasteiger partial charge on any atom is 0.172 e. The van der Waals surface area contributed by atoms with Crippen LogP contribution in [0.3, 0.4) is 0 Å². The molecule has 0 heterocycles. The molecule has 1 aromatic carbocycles. The normalized spacial score (nSPS) is 12.8. The summed E-state index contributed by atoms with van der Waals surface area (Å²) in [7, 11) is -1.30. The van der Waals surface area contributed by atoms with E-state index in [1.807, 2.05) is 31.2 Å². The van der Waals surface area contributed by atoms with Gasteiger partial charge in [0, 0.05) is 10.6 Å². The molecule has 0 spiro atoms. The monoisotopic (exact) mass is 262 g/mol. The van der Waals surface area contributed by atoms with Gasteiger partial charge in [0.25, 0.3) is 0 Å². The third-order valence-corrected chi connectivity index (χ3v) is 3.48. The van der Waals surface area contributed by atoms with E-state index in [2.05, 4.69) is 15.9 Å². The van der Waals surface area contributed by atoms with Crippen LogP contribution in [0.25, 0.3) is 0 Å². The van der Waals surface area contributed by atoms with Gasteiger partial charge in [0.15, 0.2) is 8.38 Å². The summed E-state index contributed by atoms with van der Waals surface area (Å²) in [6.45, 7) is 2.44. The summed E-state index contributed by atoms with van der Waals surface area (Å²) in [5.74, 6) is 0. The lowest BCUT2D eigenvalue weighted by Gasteiger charge is -2.09. The molecule has 0 amide bonds. The fourth-order valence-electron chi connectivity index (χ4n) is 0.967. The SMILES string of the molecule is CCOP(O)Cc1ccccc1Br. The summed E-state index contributed by atoms with van der Waals surface area (Å²) < 4.78 is 6.12. The molecule has 1 rings (SSSR count). The van der Waals surface area contributed by atoms with Gasteiger partial charge < -0.3 is 9.42 Å². The summed E-state index contributed by atoms with van der Waals surface area (Å²) in [5.41, 5.74) is 1.09. The minimum Gasteiger partial charge on any atom is -0.350 e. The highest BCUT2D eigenvalue weighted by Gasteiger charge is 2.07. The standard InChI is InChI=1S/C9H12BrO2P/c1-2-12-13(11)7-8-5-3-4-6-9(8)10/h3-6,11H,2,7H2,1H3. The summed E-state index contributed by atoms with van der Waals surface area (Å²) in [4.78, 5) is 9.45. The average Bonchev–Trinajstić information content (AvgIpc) is 2.09. The van der Waals surface area contributed by atoms with Gasteiger partial charge in [0.1, 0.15) is 0 Å². The molecule has 0 saturated heterocycles. The molecule has 13 heavy (non-hydrogen) atoms. The number of hydrogen-bond acceptors (Lipinski definition) is 2. The highest BCUT2D eigenvalue weighted by Crippen LogP contribution is 2.37. The second-order valence-corrected chi connectivity index (χ2v) is 4.65. The van der Waals surface area contributed by atoms with Crippen molar-refractivity contribution in [2.45, 2.75) is 13.1 Å². The van der Waals surface area contributed by atoms with Gasteiger partial charge in [-0.25, -0.2) is 0 Å². The summed E-state index contributed by atoms with van der Waals surface area (Å²) in [6, 6.07) is 7.85. The first-order chi connectivity index (χ1) is 6.24. The van der Waals surface area contributed by atoms with Crippen LogP contribution in [0.2, 0.25) is 0 Å². The molecular formula is C9H12BrO2P. The summed E-state index contributed by atoms with van der Waals surface area (Å²) >= 11 is 3.42. The van der Waals surface area contributed by atoms with Crippen molar-refractivity contribution in [3.63, 3.8) is 0 Å². The zero-order valence-corrected chi connectivity index (χ0v) is 9.88. The summed E-state index contributed by atoms with van der Waals surface area (Å²) in [5, 5.41) is 0. The van der Waals surface area contributed by atoms with E-state index < -0.39 is 8.38 Å². The van der Waals surface area contributed by atoms with Gasteiger partial charge in [-0.1, -0.05) is 34.1 Å².